The molecular weight excluding hydrogens is 272 g/mol. The zero-order valence-corrected chi connectivity index (χ0v) is 11.1. The fraction of sp³-hybridized carbons (Fsp3) is 0.133. The molecule has 0 spiro atoms. The van der Waals surface area contributed by atoms with Gasteiger partial charge in [0.05, 0.1) is 11.9 Å². The summed E-state index contributed by atoms with van der Waals surface area (Å²) in [6.45, 7) is 0. The molecule has 0 bridgehead atoms. The number of hydrogen-bond acceptors (Lipinski definition) is 4. The van der Waals surface area contributed by atoms with Crippen molar-refractivity contribution in [3.8, 4) is 0 Å². The van der Waals surface area contributed by atoms with E-state index in [0.29, 0.717) is 11.3 Å². The number of nitrogens with zero attached hydrogens (tertiary/aromatic N) is 1. The third-order valence-electron chi connectivity index (χ3n) is 2.95. The SMILES string of the molecule is O=C(O)[C@@](O)(Cc1ccccc1)C(=O)Nc1cccnc1. The Kier molecular flexibility index (Phi) is 4.30. The minimum absolute atomic E-state index is 0.315. The molecule has 0 saturated carbocycles. The number of benzene rings is 1. The Hall–Kier alpha value is -2.73. The Morgan fingerprint density at radius 1 is 1.14 bits per heavy atom. The summed E-state index contributed by atoms with van der Waals surface area (Å²) in [4.78, 5) is 27.2. The predicted molar refractivity (Wildman–Crippen MR) is 75.6 cm³/mol. The second kappa shape index (κ2) is 6.15. The minimum atomic E-state index is -2.54. The average Bonchev–Trinajstić information content (AvgIpc) is 2.49. The van der Waals surface area contributed by atoms with Crippen molar-refractivity contribution in [2.75, 3.05) is 5.32 Å². The molecule has 3 N–H and O–H groups in total. The number of carbonyl (C=O) groups is 2. The number of pyridine rings is 1. The second-order valence-electron chi connectivity index (χ2n) is 4.52. The first-order chi connectivity index (χ1) is 10.0. The standard InChI is InChI=1S/C15H14N2O4/c18-13(17-12-7-4-8-16-10-12)15(21,14(19)20)9-11-5-2-1-3-6-11/h1-8,10,21H,9H2,(H,17,18)(H,19,20)/t15-/m1/s1. The van der Waals surface area contributed by atoms with Crippen LogP contribution in [0.2, 0.25) is 0 Å². The summed E-state index contributed by atoms with van der Waals surface area (Å²) in [6.07, 6.45) is 2.56. The van der Waals surface area contributed by atoms with Crippen LogP contribution >= 0.6 is 0 Å². The molecule has 0 saturated heterocycles. The topological polar surface area (TPSA) is 99.5 Å². The lowest BCUT2D eigenvalue weighted by molar-refractivity contribution is -0.163. The molecule has 1 aromatic heterocycles. The minimum Gasteiger partial charge on any atom is -0.479 e. The van der Waals surface area contributed by atoms with E-state index >= 15 is 0 Å². The van der Waals surface area contributed by atoms with Crippen molar-refractivity contribution in [1.29, 1.82) is 0 Å². The molecule has 108 valence electrons. The normalized spacial score (nSPS) is 13.2. The Morgan fingerprint density at radius 3 is 2.43 bits per heavy atom. The first-order valence-corrected chi connectivity index (χ1v) is 6.23. The van der Waals surface area contributed by atoms with E-state index in [0.717, 1.165) is 0 Å². The van der Waals surface area contributed by atoms with Crippen LogP contribution < -0.4 is 5.32 Å². The predicted octanol–water partition coefficient (Wildman–Crippen LogP) is 1.08. The van der Waals surface area contributed by atoms with Gasteiger partial charge in [0, 0.05) is 12.6 Å². The van der Waals surface area contributed by atoms with Crippen molar-refractivity contribution in [3.05, 3.63) is 60.4 Å². The highest BCUT2D eigenvalue weighted by Crippen LogP contribution is 2.17. The van der Waals surface area contributed by atoms with E-state index in [1.165, 1.54) is 12.4 Å². The van der Waals surface area contributed by atoms with Gasteiger partial charge in [-0.1, -0.05) is 30.3 Å². The third kappa shape index (κ3) is 3.43. The van der Waals surface area contributed by atoms with Crippen LogP contribution in [0.25, 0.3) is 0 Å². The average molecular weight is 286 g/mol. The van der Waals surface area contributed by atoms with Crippen LogP contribution in [-0.4, -0.2) is 32.7 Å². The number of carbonyl (C=O) groups excluding carboxylic acids is 1. The molecule has 1 amide bonds. The maximum Gasteiger partial charge on any atom is 0.346 e. The molecular formula is C15H14N2O4. The Bertz CT molecular complexity index is 631. The molecule has 6 heteroatoms. The molecule has 1 atom stereocenters. The Labute approximate surface area is 121 Å². The monoisotopic (exact) mass is 286 g/mol. The van der Waals surface area contributed by atoms with E-state index in [-0.39, 0.29) is 6.42 Å². The van der Waals surface area contributed by atoms with Crippen LogP contribution in [0, 0.1) is 0 Å². The van der Waals surface area contributed by atoms with Crippen molar-refractivity contribution in [3.63, 3.8) is 0 Å². The fourth-order valence-corrected chi connectivity index (χ4v) is 1.82. The van der Waals surface area contributed by atoms with E-state index in [1.54, 1.807) is 42.5 Å². The fourth-order valence-electron chi connectivity index (χ4n) is 1.82. The number of aliphatic hydroxyl groups is 1. The molecule has 2 rings (SSSR count). The van der Waals surface area contributed by atoms with Crippen molar-refractivity contribution in [2.24, 2.45) is 0 Å². The van der Waals surface area contributed by atoms with Crippen molar-refractivity contribution >= 4 is 17.6 Å². The molecule has 0 unspecified atom stereocenters. The molecule has 1 heterocycles. The van der Waals surface area contributed by atoms with Gasteiger partial charge in [0.15, 0.2) is 0 Å². The zero-order valence-electron chi connectivity index (χ0n) is 11.1. The largest absolute Gasteiger partial charge is 0.479 e. The van der Waals surface area contributed by atoms with E-state index in [9.17, 15) is 19.8 Å². The molecule has 0 fully saturated rings. The molecule has 1 aromatic carbocycles. The van der Waals surface area contributed by atoms with Gasteiger partial charge >= 0.3 is 5.97 Å². The van der Waals surface area contributed by atoms with Crippen molar-refractivity contribution < 1.29 is 19.8 Å². The van der Waals surface area contributed by atoms with Crippen LogP contribution in [0.15, 0.2) is 54.9 Å². The maximum absolute atomic E-state index is 12.1. The van der Waals surface area contributed by atoms with Gasteiger partial charge in [-0.25, -0.2) is 4.79 Å². The van der Waals surface area contributed by atoms with E-state index in [1.807, 2.05) is 0 Å². The Morgan fingerprint density at radius 2 is 1.86 bits per heavy atom. The lowest BCUT2D eigenvalue weighted by Gasteiger charge is -2.22. The van der Waals surface area contributed by atoms with Crippen LogP contribution in [0.4, 0.5) is 5.69 Å². The number of aliphatic carboxylic acids is 1. The van der Waals surface area contributed by atoms with Crippen LogP contribution in [-0.2, 0) is 16.0 Å². The molecule has 6 nitrogen and oxygen atoms in total. The molecule has 2 aromatic rings. The molecule has 0 aliphatic heterocycles. The quantitative estimate of drug-likeness (QED) is 0.714. The molecule has 0 radical (unpaired) electrons. The van der Waals surface area contributed by atoms with Gasteiger partial charge in [0.1, 0.15) is 0 Å². The smallest absolute Gasteiger partial charge is 0.346 e. The van der Waals surface area contributed by atoms with Crippen molar-refractivity contribution in [1.82, 2.24) is 4.98 Å². The number of nitrogens with one attached hydrogen (secondary N) is 1. The number of anilines is 1. The van der Waals surface area contributed by atoms with Crippen LogP contribution in [0.3, 0.4) is 0 Å². The number of aromatic nitrogens is 1. The lowest BCUT2D eigenvalue weighted by atomic mass is 9.93. The summed E-state index contributed by atoms with van der Waals surface area (Å²) in [5.41, 5.74) is -1.68. The van der Waals surface area contributed by atoms with E-state index < -0.39 is 17.5 Å². The summed E-state index contributed by atoms with van der Waals surface area (Å²) in [6, 6.07) is 11.6. The molecule has 0 aliphatic carbocycles. The van der Waals surface area contributed by atoms with Gasteiger partial charge in [-0.15, -0.1) is 0 Å². The molecule has 0 aliphatic rings. The second-order valence-corrected chi connectivity index (χ2v) is 4.52. The number of carboxylic acids is 1. The van der Waals surface area contributed by atoms with Gasteiger partial charge in [-0.2, -0.15) is 0 Å². The maximum atomic E-state index is 12.1. The molecule has 21 heavy (non-hydrogen) atoms. The zero-order chi connectivity index (χ0) is 15.3. The first-order valence-electron chi connectivity index (χ1n) is 6.23. The number of amides is 1. The van der Waals surface area contributed by atoms with E-state index in [2.05, 4.69) is 10.3 Å². The third-order valence-corrected chi connectivity index (χ3v) is 2.95. The summed E-state index contributed by atoms with van der Waals surface area (Å²) < 4.78 is 0. The number of carboxylic acid groups (broad SMARTS) is 1. The Balaban J connectivity index is 2.21. The lowest BCUT2D eigenvalue weighted by Crippen LogP contribution is -2.51. The number of hydrogen-bond donors (Lipinski definition) is 3. The number of rotatable bonds is 5. The highest BCUT2D eigenvalue weighted by atomic mass is 16.4. The van der Waals surface area contributed by atoms with Gasteiger partial charge in [0.25, 0.3) is 5.91 Å². The summed E-state index contributed by atoms with van der Waals surface area (Å²) in [5, 5.41) is 21.8. The van der Waals surface area contributed by atoms with Gasteiger partial charge < -0.3 is 15.5 Å². The van der Waals surface area contributed by atoms with Crippen molar-refractivity contribution in [2.45, 2.75) is 12.0 Å². The first kappa shape index (κ1) is 14.7. The van der Waals surface area contributed by atoms with Crippen LogP contribution in [0.5, 0.6) is 0 Å². The van der Waals surface area contributed by atoms with Crippen LogP contribution in [0.1, 0.15) is 5.56 Å². The van der Waals surface area contributed by atoms with Gasteiger partial charge in [-0.05, 0) is 17.7 Å². The van der Waals surface area contributed by atoms with E-state index in [4.69, 9.17) is 0 Å². The van der Waals surface area contributed by atoms with Gasteiger partial charge in [-0.3, -0.25) is 9.78 Å². The highest BCUT2D eigenvalue weighted by molar-refractivity contribution is 6.11. The summed E-state index contributed by atoms with van der Waals surface area (Å²) in [5.74, 6) is -2.61. The summed E-state index contributed by atoms with van der Waals surface area (Å²) >= 11 is 0. The highest BCUT2D eigenvalue weighted by Gasteiger charge is 2.44. The summed E-state index contributed by atoms with van der Waals surface area (Å²) in [7, 11) is 0. The van der Waals surface area contributed by atoms with Gasteiger partial charge in [0.2, 0.25) is 5.60 Å².